The zero-order valence-electron chi connectivity index (χ0n) is 11.6. The van der Waals surface area contributed by atoms with Gasteiger partial charge in [-0.15, -0.1) is 0 Å². The van der Waals surface area contributed by atoms with E-state index >= 15 is 0 Å². The lowest BCUT2D eigenvalue weighted by Gasteiger charge is -2.05. The van der Waals surface area contributed by atoms with Crippen molar-refractivity contribution in [1.29, 1.82) is 0 Å². The minimum absolute atomic E-state index is 0.0244. The number of carbonyl (C=O) groups excluding carboxylic acids is 2. The van der Waals surface area contributed by atoms with Crippen LogP contribution in [0, 0.1) is 6.92 Å². The van der Waals surface area contributed by atoms with E-state index in [4.69, 9.17) is 4.74 Å². The third-order valence-corrected chi connectivity index (χ3v) is 2.69. The third-order valence-electron chi connectivity index (χ3n) is 2.69. The zero-order chi connectivity index (χ0) is 14.1. The summed E-state index contributed by atoms with van der Waals surface area (Å²) in [4.78, 5) is 22.2. The van der Waals surface area contributed by atoms with Gasteiger partial charge in [-0.05, 0) is 38.3 Å². The summed E-state index contributed by atoms with van der Waals surface area (Å²) in [6.07, 6.45) is 2.99. The number of hydrogen-bond donors (Lipinski definition) is 1. The highest BCUT2D eigenvalue weighted by Crippen LogP contribution is 2.10. The summed E-state index contributed by atoms with van der Waals surface area (Å²) in [5, 5.41) is 2.85. The number of nitrogens with one attached hydrogen (secondary N) is 1. The second-order valence-electron chi connectivity index (χ2n) is 4.56. The highest BCUT2D eigenvalue weighted by Gasteiger charge is 2.02. The summed E-state index contributed by atoms with van der Waals surface area (Å²) in [5.41, 5.74) is 2.00. The molecule has 1 aromatic carbocycles. The van der Waals surface area contributed by atoms with Gasteiger partial charge in [-0.25, -0.2) is 0 Å². The maximum absolute atomic E-state index is 11.6. The predicted molar refractivity (Wildman–Crippen MR) is 74.9 cm³/mol. The van der Waals surface area contributed by atoms with Gasteiger partial charge in [0.15, 0.2) is 0 Å². The van der Waals surface area contributed by atoms with E-state index in [0.717, 1.165) is 24.9 Å². The summed E-state index contributed by atoms with van der Waals surface area (Å²) in [7, 11) is 0. The Morgan fingerprint density at radius 2 is 1.79 bits per heavy atom. The number of esters is 1. The molecule has 0 saturated carbocycles. The Morgan fingerprint density at radius 3 is 2.42 bits per heavy atom. The maximum Gasteiger partial charge on any atom is 0.302 e. The molecule has 19 heavy (non-hydrogen) atoms. The molecule has 0 saturated heterocycles. The lowest BCUT2D eigenvalue weighted by atomic mass is 10.2. The van der Waals surface area contributed by atoms with Crippen LogP contribution in [0.2, 0.25) is 0 Å². The molecule has 0 aromatic heterocycles. The molecular formula is C15H21NO3. The molecular weight excluding hydrogens is 242 g/mol. The van der Waals surface area contributed by atoms with Gasteiger partial charge in [0.1, 0.15) is 0 Å². The Labute approximate surface area is 114 Å². The Hall–Kier alpha value is -1.84. The lowest BCUT2D eigenvalue weighted by molar-refractivity contribution is -0.141. The fourth-order valence-electron chi connectivity index (χ4n) is 1.64. The van der Waals surface area contributed by atoms with E-state index < -0.39 is 0 Å². The third kappa shape index (κ3) is 7.24. The van der Waals surface area contributed by atoms with Crippen molar-refractivity contribution in [2.45, 2.75) is 39.5 Å². The molecule has 0 radical (unpaired) electrons. The maximum atomic E-state index is 11.6. The number of amides is 1. The first kappa shape index (κ1) is 15.2. The second-order valence-corrected chi connectivity index (χ2v) is 4.56. The Kier molecular flexibility index (Phi) is 6.64. The molecule has 1 amide bonds. The van der Waals surface area contributed by atoms with Gasteiger partial charge in [-0.3, -0.25) is 9.59 Å². The van der Waals surface area contributed by atoms with E-state index in [-0.39, 0.29) is 11.9 Å². The summed E-state index contributed by atoms with van der Waals surface area (Å²) in [6, 6.07) is 7.73. The number of hydrogen-bond acceptors (Lipinski definition) is 3. The minimum Gasteiger partial charge on any atom is -0.466 e. The van der Waals surface area contributed by atoms with Crippen LogP contribution < -0.4 is 5.32 Å². The monoisotopic (exact) mass is 263 g/mol. The van der Waals surface area contributed by atoms with Crippen LogP contribution in [0.3, 0.4) is 0 Å². The first-order valence-corrected chi connectivity index (χ1v) is 6.58. The largest absolute Gasteiger partial charge is 0.466 e. The van der Waals surface area contributed by atoms with E-state index in [0.29, 0.717) is 13.0 Å². The molecule has 4 nitrogen and oxygen atoms in total. The highest BCUT2D eigenvalue weighted by molar-refractivity contribution is 5.90. The van der Waals surface area contributed by atoms with Crippen molar-refractivity contribution >= 4 is 17.6 Å². The number of carbonyl (C=O) groups is 2. The van der Waals surface area contributed by atoms with Gasteiger partial charge in [-0.1, -0.05) is 17.7 Å². The molecule has 1 rings (SSSR count). The fourth-order valence-corrected chi connectivity index (χ4v) is 1.64. The van der Waals surface area contributed by atoms with E-state index in [1.165, 1.54) is 12.5 Å². The Morgan fingerprint density at radius 1 is 1.11 bits per heavy atom. The standard InChI is InChI=1S/C15H21NO3/c1-12-7-9-14(10-8-12)16-15(18)6-4-3-5-11-19-13(2)17/h7-10H,3-6,11H2,1-2H3,(H,16,18). The molecule has 1 aromatic rings. The van der Waals surface area contributed by atoms with Gasteiger partial charge in [0.25, 0.3) is 0 Å². The number of rotatable bonds is 7. The van der Waals surface area contributed by atoms with Crippen molar-refractivity contribution in [3.8, 4) is 0 Å². The summed E-state index contributed by atoms with van der Waals surface area (Å²) >= 11 is 0. The Bertz CT molecular complexity index is 412. The zero-order valence-corrected chi connectivity index (χ0v) is 11.6. The molecule has 0 heterocycles. The summed E-state index contributed by atoms with van der Waals surface area (Å²) in [5.74, 6) is -0.228. The van der Waals surface area contributed by atoms with Crippen LogP contribution >= 0.6 is 0 Å². The van der Waals surface area contributed by atoms with Crippen molar-refractivity contribution in [3.05, 3.63) is 29.8 Å². The van der Waals surface area contributed by atoms with Crippen molar-refractivity contribution in [1.82, 2.24) is 0 Å². The molecule has 104 valence electrons. The normalized spacial score (nSPS) is 10.0. The average molecular weight is 263 g/mol. The molecule has 0 bridgehead atoms. The smallest absolute Gasteiger partial charge is 0.302 e. The molecule has 0 fully saturated rings. The van der Waals surface area contributed by atoms with Gasteiger partial charge >= 0.3 is 5.97 Å². The second kappa shape index (κ2) is 8.29. The molecule has 0 aliphatic carbocycles. The highest BCUT2D eigenvalue weighted by atomic mass is 16.5. The number of ether oxygens (including phenoxy) is 1. The summed E-state index contributed by atoms with van der Waals surface area (Å²) < 4.78 is 4.82. The molecule has 0 atom stereocenters. The van der Waals surface area contributed by atoms with Crippen LogP contribution in [-0.2, 0) is 14.3 Å². The van der Waals surface area contributed by atoms with Gasteiger partial charge in [-0.2, -0.15) is 0 Å². The molecule has 0 aliphatic heterocycles. The number of anilines is 1. The summed E-state index contributed by atoms with van der Waals surface area (Å²) in [6.45, 7) is 3.85. The van der Waals surface area contributed by atoms with Crippen LogP contribution in [0.15, 0.2) is 24.3 Å². The van der Waals surface area contributed by atoms with Gasteiger partial charge in [0, 0.05) is 19.0 Å². The van der Waals surface area contributed by atoms with E-state index in [1.54, 1.807) is 0 Å². The molecule has 0 spiro atoms. The van der Waals surface area contributed by atoms with Crippen molar-refractivity contribution in [2.75, 3.05) is 11.9 Å². The lowest BCUT2D eigenvalue weighted by Crippen LogP contribution is -2.11. The first-order chi connectivity index (χ1) is 9.08. The molecule has 0 aliphatic rings. The number of benzene rings is 1. The van der Waals surface area contributed by atoms with E-state index in [1.807, 2.05) is 31.2 Å². The first-order valence-electron chi connectivity index (χ1n) is 6.58. The Balaban J connectivity index is 2.11. The van der Waals surface area contributed by atoms with Gasteiger partial charge < -0.3 is 10.1 Å². The van der Waals surface area contributed by atoms with Crippen LogP contribution in [0.4, 0.5) is 5.69 Å². The van der Waals surface area contributed by atoms with Gasteiger partial charge in [0.2, 0.25) is 5.91 Å². The van der Waals surface area contributed by atoms with Crippen molar-refractivity contribution in [2.24, 2.45) is 0 Å². The molecule has 4 heteroatoms. The van der Waals surface area contributed by atoms with Crippen LogP contribution in [0.25, 0.3) is 0 Å². The van der Waals surface area contributed by atoms with Crippen LogP contribution in [-0.4, -0.2) is 18.5 Å². The van der Waals surface area contributed by atoms with Gasteiger partial charge in [0.05, 0.1) is 6.61 Å². The molecule has 1 N–H and O–H groups in total. The van der Waals surface area contributed by atoms with Crippen molar-refractivity contribution in [3.63, 3.8) is 0 Å². The predicted octanol–water partition coefficient (Wildman–Crippen LogP) is 3.06. The SMILES string of the molecule is CC(=O)OCCCCCC(=O)Nc1ccc(C)cc1. The molecule has 0 unspecified atom stereocenters. The number of aryl methyl sites for hydroxylation is 1. The minimum atomic E-state index is -0.253. The quantitative estimate of drug-likeness (QED) is 0.607. The fraction of sp³-hybridized carbons (Fsp3) is 0.467. The number of unbranched alkanes of at least 4 members (excludes halogenated alkanes) is 2. The van der Waals surface area contributed by atoms with E-state index in [9.17, 15) is 9.59 Å². The average Bonchev–Trinajstić information content (AvgIpc) is 2.36. The van der Waals surface area contributed by atoms with Crippen LogP contribution in [0.5, 0.6) is 0 Å². The van der Waals surface area contributed by atoms with Crippen molar-refractivity contribution < 1.29 is 14.3 Å². The van der Waals surface area contributed by atoms with Crippen LogP contribution in [0.1, 0.15) is 38.2 Å². The van der Waals surface area contributed by atoms with E-state index in [2.05, 4.69) is 5.32 Å². The topological polar surface area (TPSA) is 55.4 Å².